The average molecular weight is 380 g/mol. The highest BCUT2D eigenvalue weighted by atomic mass is 16.3. The van der Waals surface area contributed by atoms with Crippen LogP contribution in [0.3, 0.4) is 0 Å². The number of aryl methyl sites for hydroxylation is 2. The molecular weight excluding hydrogens is 352 g/mol. The van der Waals surface area contributed by atoms with Gasteiger partial charge in [-0.25, -0.2) is 0 Å². The zero-order valence-corrected chi connectivity index (χ0v) is 16.6. The SMILES string of the molecule is Cc1ccc(C(=O)NC(=Cc2ccco2)C(=O)NC2CCCCCC2)cc1C. The van der Waals surface area contributed by atoms with E-state index in [0.717, 1.165) is 36.8 Å². The van der Waals surface area contributed by atoms with E-state index >= 15 is 0 Å². The maximum atomic E-state index is 12.9. The van der Waals surface area contributed by atoms with Gasteiger partial charge in [-0.2, -0.15) is 0 Å². The molecule has 1 heterocycles. The van der Waals surface area contributed by atoms with Crippen LogP contribution in [0, 0.1) is 13.8 Å². The molecule has 2 N–H and O–H groups in total. The first-order chi connectivity index (χ1) is 13.5. The zero-order chi connectivity index (χ0) is 19.9. The van der Waals surface area contributed by atoms with Gasteiger partial charge < -0.3 is 15.1 Å². The Labute approximate surface area is 166 Å². The molecule has 3 rings (SSSR count). The van der Waals surface area contributed by atoms with Crippen LogP contribution in [-0.4, -0.2) is 17.9 Å². The van der Waals surface area contributed by atoms with Gasteiger partial charge in [-0.05, 0) is 62.1 Å². The summed E-state index contributed by atoms with van der Waals surface area (Å²) in [5, 5.41) is 5.86. The van der Waals surface area contributed by atoms with Crippen molar-refractivity contribution in [2.75, 3.05) is 0 Å². The molecule has 0 radical (unpaired) electrons. The van der Waals surface area contributed by atoms with Crippen molar-refractivity contribution in [3.05, 3.63) is 64.7 Å². The second-order valence-corrected chi connectivity index (χ2v) is 7.49. The van der Waals surface area contributed by atoms with Crippen LogP contribution in [0.2, 0.25) is 0 Å². The van der Waals surface area contributed by atoms with Gasteiger partial charge in [0.25, 0.3) is 11.8 Å². The fourth-order valence-electron chi connectivity index (χ4n) is 3.44. The summed E-state index contributed by atoms with van der Waals surface area (Å²) in [5.74, 6) is -0.0659. The number of rotatable bonds is 5. The lowest BCUT2D eigenvalue weighted by Gasteiger charge is -2.18. The van der Waals surface area contributed by atoms with Crippen molar-refractivity contribution in [3.63, 3.8) is 0 Å². The standard InChI is InChI=1S/C23H28N2O3/c1-16-11-12-18(14-17(16)2)22(26)25-21(15-20-10-7-13-28-20)23(27)24-19-8-5-3-4-6-9-19/h7,10-15,19H,3-6,8-9H2,1-2H3,(H,24,27)(H,25,26). The van der Waals surface area contributed by atoms with Crippen molar-refractivity contribution < 1.29 is 14.0 Å². The first-order valence-electron chi connectivity index (χ1n) is 9.97. The summed E-state index contributed by atoms with van der Waals surface area (Å²) in [6.45, 7) is 3.96. The van der Waals surface area contributed by atoms with Crippen molar-refractivity contribution in [2.24, 2.45) is 0 Å². The Bertz CT molecular complexity index is 845. The topological polar surface area (TPSA) is 71.3 Å². The molecule has 5 nitrogen and oxygen atoms in total. The number of amides is 2. The van der Waals surface area contributed by atoms with Crippen LogP contribution in [0.25, 0.3) is 6.08 Å². The Balaban J connectivity index is 1.77. The third-order valence-corrected chi connectivity index (χ3v) is 5.28. The Morgan fingerprint density at radius 3 is 2.43 bits per heavy atom. The minimum Gasteiger partial charge on any atom is -0.465 e. The van der Waals surface area contributed by atoms with Crippen LogP contribution >= 0.6 is 0 Å². The van der Waals surface area contributed by atoms with Gasteiger partial charge in [0, 0.05) is 17.7 Å². The molecule has 1 aliphatic carbocycles. The lowest BCUT2D eigenvalue weighted by molar-refractivity contribution is -0.118. The first-order valence-corrected chi connectivity index (χ1v) is 9.97. The lowest BCUT2D eigenvalue weighted by Crippen LogP contribution is -2.40. The van der Waals surface area contributed by atoms with E-state index < -0.39 is 0 Å². The molecule has 1 aromatic heterocycles. The fourth-order valence-corrected chi connectivity index (χ4v) is 3.44. The molecule has 0 unspecified atom stereocenters. The van der Waals surface area contributed by atoms with E-state index in [1.165, 1.54) is 19.1 Å². The molecule has 0 spiro atoms. The van der Waals surface area contributed by atoms with Gasteiger partial charge in [0.2, 0.25) is 0 Å². The summed E-state index contributed by atoms with van der Waals surface area (Å²) >= 11 is 0. The van der Waals surface area contributed by atoms with Crippen LogP contribution in [0.5, 0.6) is 0 Å². The molecular formula is C23H28N2O3. The van der Waals surface area contributed by atoms with Gasteiger partial charge in [-0.1, -0.05) is 31.7 Å². The smallest absolute Gasteiger partial charge is 0.268 e. The maximum Gasteiger partial charge on any atom is 0.268 e. The Morgan fingerprint density at radius 2 is 1.79 bits per heavy atom. The van der Waals surface area contributed by atoms with Crippen molar-refractivity contribution in [3.8, 4) is 0 Å². The molecule has 1 saturated carbocycles. The summed E-state index contributed by atoms with van der Waals surface area (Å²) in [6, 6.07) is 9.16. The normalized spacial score (nSPS) is 15.7. The lowest BCUT2D eigenvalue weighted by atomic mass is 10.1. The number of furan rings is 1. The van der Waals surface area contributed by atoms with Crippen LogP contribution in [0.1, 0.15) is 65.8 Å². The van der Waals surface area contributed by atoms with Crippen molar-refractivity contribution in [1.29, 1.82) is 0 Å². The summed E-state index contributed by atoms with van der Waals surface area (Å²) in [4.78, 5) is 25.6. The van der Waals surface area contributed by atoms with Crippen LogP contribution in [-0.2, 0) is 4.79 Å². The zero-order valence-electron chi connectivity index (χ0n) is 16.6. The van der Waals surface area contributed by atoms with Gasteiger partial charge in [0.15, 0.2) is 0 Å². The number of benzene rings is 1. The molecule has 1 aromatic carbocycles. The first kappa shape index (κ1) is 19.9. The van der Waals surface area contributed by atoms with E-state index in [-0.39, 0.29) is 23.6 Å². The van der Waals surface area contributed by atoms with E-state index in [1.54, 1.807) is 24.3 Å². The Morgan fingerprint density at radius 1 is 1.04 bits per heavy atom. The second-order valence-electron chi connectivity index (χ2n) is 7.49. The quantitative estimate of drug-likeness (QED) is 0.592. The predicted molar refractivity (Wildman–Crippen MR) is 110 cm³/mol. The van der Waals surface area contributed by atoms with Gasteiger partial charge in [-0.15, -0.1) is 0 Å². The molecule has 0 bridgehead atoms. The van der Waals surface area contributed by atoms with Crippen molar-refractivity contribution in [1.82, 2.24) is 10.6 Å². The molecule has 5 heteroatoms. The van der Waals surface area contributed by atoms with Crippen molar-refractivity contribution in [2.45, 2.75) is 58.4 Å². The number of nitrogens with one attached hydrogen (secondary N) is 2. The number of carbonyl (C=O) groups excluding carboxylic acids is 2. The minimum atomic E-state index is -0.308. The van der Waals surface area contributed by atoms with Crippen LogP contribution in [0.15, 0.2) is 46.7 Å². The molecule has 148 valence electrons. The molecule has 1 aliphatic rings. The number of carbonyl (C=O) groups is 2. The minimum absolute atomic E-state index is 0.147. The summed E-state index contributed by atoms with van der Waals surface area (Å²) in [6.07, 6.45) is 9.74. The number of hydrogen-bond donors (Lipinski definition) is 2. The highest BCUT2D eigenvalue weighted by molar-refractivity contribution is 6.05. The van der Waals surface area contributed by atoms with Crippen LogP contribution < -0.4 is 10.6 Å². The van der Waals surface area contributed by atoms with Crippen molar-refractivity contribution >= 4 is 17.9 Å². The van der Waals surface area contributed by atoms with E-state index in [0.29, 0.717) is 11.3 Å². The van der Waals surface area contributed by atoms with Gasteiger partial charge in [0.1, 0.15) is 11.5 Å². The molecule has 2 amide bonds. The molecule has 2 aromatic rings. The van der Waals surface area contributed by atoms with E-state index in [9.17, 15) is 9.59 Å². The Hall–Kier alpha value is -2.82. The fraction of sp³-hybridized carbons (Fsp3) is 0.391. The summed E-state index contributed by atoms with van der Waals surface area (Å²) < 4.78 is 5.34. The highest BCUT2D eigenvalue weighted by Crippen LogP contribution is 2.18. The Kier molecular flexibility index (Phi) is 6.69. The van der Waals surface area contributed by atoms with Crippen LogP contribution in [0.4, 0.5) is 0 Å². The molecule has 0 atom stereocenters. The maximum absolute atomic E-state index is 12.9. The molecule has 0 saturated heterocycles. The van der Waals surface area contributed by atoms with E-state index in [2.05, 4.69) is 10.6 Å². The second kappa shape index (κ2) is 9.40. The van der Waals surface area contributed by atoms with Gasteiger partial charge in [0.05, 0.1) is 6.26 Å². The van der Waals surface area contributed by atoms with E-state index in [1.807, 2.05) is 26.0 Å². The monoisotopic (exact) mass is 380 g/mol. The third-order valence-electron chi connectivity index (χ3n) is 5.28. The summed E-state index contributed by atoms with van der Waals surface area (Å²) in [5.41, 5.74) is 2.87. The largest absolute Gasteiger partial charge is 0.465 e. The van der Waals surface area contributed by atoms with E-state index in [4.69, 9.17) is 4.42 Å². The molecule has 1 fully saturated rings. The van der Waals surface area contributed by atoms with Gasteiger partial charge in [-0.3, -0.25) is 9.59 Å². The molecule has 28 heavy (non-hydrogen) atoms. The number of hydrogen-bond acceptors (Lipinski definition) is 3. The van der Waals surface area contributed by atoms with Gasteiger partial charge >= 0.3 is 0 Å². The third kappa shape index (κ3) is 5.35. The molecule has 0 aliphatic heterocycles. The highest BCUT2D eigenvalue weighted by Gasteiger charge is 2.20. The summed E-state index contributed by atoms with van der Waals surface area (Å²) in [7, 11) is 0. The average Bonchev–Trinajstić information content (AvgIpc) is 3.06. The predicted octanol–water partition coefficient (Wildman–Crippen LogP) is 4.51.